The zero-order chi connectivity index (χ0) is 19.2. The van der Waals surface area contributed by atoms with Crippen molar-refractivity contribution in [1.82, 2.24) is 15.5 Å². The van der Waals surface area contributed by atoms with Crippen LogP contribution in [0.3, 0.4) is 0 Å². The smallest absolute Gasteiger partial charge is 0.220 e. The van der Waals surface area contributed by atoms with Crippen molar-refractivity contribution in [2.45, 2.75) is 38.5 Å². The summed E-state index contributed by atoms with van der Waals surface area (Å²) in [5.74, 6) is 1.23. The Morgan fingerprint density at radius 3 is 2.37 bits per heavy atom. The number of likely N-dealkylation sites (tertiary alicyclic amines) is 1. The van der Waals surface area contributed by atoms with E-state index in [-0.39, 0.29) is 41.1 Å². The van der Waals surface area contributed by atoms with Crippen LogP contribution in [0, 0.1) is 11.7 Å². The average Bonchev–Trinajstić information content (AvgIpc) is 2.63. The molecule has 0 aliphatic carbocycles. The maximum Gasteiger partial charge on any atom is 0.220 e. The fourth-order valence-corrected chi connectivity index (χ4v) is 3.35. The predicted octanol–water partition coefficient (Wildman–Crippen LogP) is 3.14. The van der Waals surface area contributed by atoms with Gasteiger partial charge in [-0.3, -0.25) is 9.79 Å². The fraction of sp³-hybridized carbons (Fsp3) is 0.600. The summed E-state index contributed by atoms with van der Waals surface area (Å²) in [5, 5.41) is 6.16. The van der Waals surface area contributed by atoms with Crippen molar-refractivity contribution in [2.75, 3.05) is 33.7 Å². The van der Waals surface area contributed by atoms with Crippen molar-refractivity contribution < 1.29 is 9.18 Å². The number of rotatable bonds is 5. The molecule has 1 aromatic rings. The Morgan fingerprint density at radius 1 is 1.26 bits per heavy atom. The maximum absolute atomic E-state index is 13.2. The number of amides is 1. The highest BCUT2D eigenvalue weighted by atomic mass is 127. The van der Waals surface area contributed by atoms with Crippen LogP contribution in [0.2, 0.25) is 0 Å². The summed E-state index contributed by atoms with van der Waals surface area (Å²) < 4.78 is 13.2. The summed E-state index contributed by atoms with van der Waals surface area (Å²) in [7, 11) is 3.48. The van der Waals surface area contributed by atoms with Gasteiger partial charge in [0.15, 0.2) is 5.96 Å². The first kappa shape index (κ1) is 23.7. The quantitative estimate of drug-likeness (QED) is 0.379. The van der Waals surface area contributed by atoms with Gasteiger partial charge in [0.2, 0.25) is 5.91 Å². The second-order valence-electron chi connectivity index (χ2n) is 7.60. The third-order valence-electron chi connectivity index (χ3n) is 5.19. The number of nitrogens with zero attached hydrogens (tertiary/aromatic N) is 2. The second kappa shape index (κ2) is 10.8. The highest BCUT2D eigenvalue weighted by Crippen LogP contribution is 2.23. The average molecular weight is 490 g/mol. The number of hydrogen-bond donors (Lipinski definition) is 2. The van der Waals surface area contributed by atoms with Gasteiger partial charge in [-0.05, 0) is 36.5 Å². The van der Waals surface area contributed by atoms with Crippen molar-refractivity contribution in [2.24, 2.45) is 10.9 Å². The van der Waals surface area contributed by atoms with Gasteiger partial charge >= 0.3 is 0 Å². The molecule has 0 saturated carbocycles. The minimum Gasteiger partial charge on any atom is -0.359 e. The summed E-state index contributed by atoms with van der Waals surface area (Å²) in [4.78, 5) is 18.2. The van der Waals surface area contributed by atoms with Crippen LogP contribution in [-0.2, 0) is 10.2 Å². The molecule has 27 heavy (non-hydrogen) atoms. The van der Waals surface area contributed by atoms with Crippen LogP contribution in [0.1, 0.15) is 38.7 Å². The van der Waals surface area contributed by atoms with Crippen molar-refractivity contribution in [1.29, 1.82) is 0 Å². The largest absolute Gasteiger partial charge is 0.359 e. The number of carbonyl (C=O) groups excluding carboxylic acids is 1. The Morgan fingerprint density at radius 2 is 1.85 bits per heavy atom. The van der Waals surface area contributed by atoms with E-state index in [1.807, 2.05) is 12.1 Å². The van der Waals surface area contributed by atoms with E-state index < -0.39 is 0 Å². The fourth-order valence-electron chi connectivity index (χ4n) is 3.35. The predicted molar refractivity (Wildman–Crippen MR) is 119 cm³/mol. The van der Waals surface area contributed by atoms with Crippen molar-refractivity contribution >= 4 is 35.8 Å². The molecule has 2 N–H and O–H groups in total. The molecule has 0 bridgehead atoms. The van der Waals surface area contributed by atoms with Gasteiger partial charge in [0, 0.05) is 45.6 Å². The molecule has 1 saturated heterocycles. The van der Waals surface area contributed by atoms with E-state index in [4.69, 9.17) is 0 Å². The number of piperidine rings is 1. The van der Waals surface area contributed by atoms with Gasteiger partial charge in [-0.1, -0.05) is 26.0 Å². The number of carbonyl (C=O) groups is 1. The number of guanidine groups is 1. The molecule has 5 nitrogen and oxygen atoms in total. The van der Waals surface area contributed by atoms with Crippen molar-refractivity contribution in [3.8, 4) is 0 Å². The Kier molecular flexibility index (Phi) is 9.49. The van der Waals surface area contributed by atoms with E-state index in [1.54, 1.807) is 14.1 Å². The topological polar surface area (TPSA) is 56.7 Å². The van der Waals surface area contributed by atoms with Gasteiger partial charge < -0.3 is 15.5 Å². The lowest BCUT2D eigenvalue weighted by atomic mass is 9.84. The minimum atomic E-state index is -0.215. The Labute approximate surface area is 179 Å². The highest BCUT2D eigenvalue weighted by Gasteiger charge is 2.25. The summed E-state index contributed by atoms with van der Waals surface area (Å²) in [6.07, 6.45) is 2.60. The van der Waals surface area contributed by atoms with E-state index >= 15 is 0 Å². The van der Waals surface area contributed by atoms with Gasteiger partial charge in [0.25, 0.3) is 0 Å². The lowest BCUT2D eigenvalue weighted by molar-refractivity contribution is -0.121. The van der Waals surface area contributed by atoms with Crippen LogP contribution in [-0.4, -0.2) is 50.5 Å². The first-order valence-electron chi connectivity index (χ1n) is 9.28. The lowest BCUT2D eigenvalue weighted by Crippen LogP contribution is -2.48. The summed E-state index contributed by atoms with van der Waals surface area (Å²) in [6.45, 7) is 6.78. The molecule has 1 amide bonds. The van der Waals surface area contributed by atoms with E-state index in [1.165, 1.54) is 12.1 Å². The van der Waals surface area contributed by atoms with Crippen LogP contribution >= 0.6 is 24.0 Å². The number of nitrogens with one attached hydrogen (secondary N) is 2. The first-order chi connectivity index (χ1) is 12.4. The maximum atomic E-state index is 13.2. The molecule has 0 radical (unpaired) electrons. The lowest BCUT2D eigenvalue weighted by Gasteiger charge is -2.35. The molecule has 0 atom stereocenters. The van der Waals surface area contributed by atoms with E-state index in [2.05, 4.69) is 34.4 Å². The van der Waals surface area contributed by atoms with Crippen molar-refractivity contribution in [3.63, 3.8) is 0 Å². The van der Waals surface area contributed by atoms with Crippen LogP contribution in [0.15, 0.2) is 29.3 Å². The van der Waals surface area contributed by atoms with Gasteiger partial charge in [-0.25, -0.2) is 4.39 Å². The van der Waals surface area contributed by atoms with Gasteiger partial charge in [0.05, 0.1) is 0 Å². The summed E-state index contributed by atoms with van der Waals surface area (Å²) in [5.41, 5.74) is 0.951. The molecule has 1 aromatic carbocycles. The number of benzene rings is 1. The summed E-state index contributed by atoms with van der Waals surface area (Å²) >= 11 is 0. The minimum absolute atomic E-state index is 0. The third kappa shape index (κ3) is 6.93. The Bertz CT molecular complexity index is 625. The van der Waals surface area contributed by atoms with Crippen LogP contribution in [0.25, 0.3) is 0 Å². The standard InChI is InChI=1S/C20H31FN4O.HI/c1-20(2,16-5-7-17(21)8-6-16)14-24-19(23-4)25-11-9-15(10-12-25)13-18(26)22-3;/h5-8,15H,9-14H2,1-4H3,(H,22,26)(H,23,24);1H. The molecule has 1 heterocycles. The molecule has 2 rings (SSSR count). The van der Waals surface area contributed by atoms with E-state index in [0.717, 1.165) is 37.5 Å². The SMILES string of the molecule is CN=C(NCC(C)(C)c1ccc(F)cc1)N1CCC(CC(=O)NC)CC1.I. The number of aliphatic imine (C=N–C) groups is 1. The van der Waals surface area contributed by atoms with Crippen LogP contribution in [0.4, 0.5) is 4.39 Å². The highest BCUT2D eigenvalue weighted by molar-refractivity contribution is 14.0. The van der Waals surface area contributed by atoms with Crippen LogP contribution < -0.4 is 10.6 Å². The molecule has 1 aliphatic heterocycles. The molecular weight excluding hydrogens is 458 g/mol. The van der Waals surface area contributed by atoms with Crippen molar-refractivity contribution in [3.05, 3.63) is 35.6 Å². The molecular formula is C20H32FIN4O. The molecule has 1 fully saturated rings. The molecule has 7 heteroatoms. The van der Waals surface area contributed by atoms with Gasteiger partial charge in [-0.15, -0.1) is 24.0 Å². The molecule has 0 aromatic heterocycles. The number of hydrogen-bond acceptors (Lipinski definition) is 2. The zero-order valence-electron chi connectivity index (χ0n) is 16.7. The normalized spacial score (nSPS) is 15.9. The summed E-state index contributed by atoms with van der Waals surface area (Å²) in [6, 6.07) is 6.68. The molecule has 0 spiro atoms. The second-order valence-corrected chi connectivity index (χ2v) is 7.60. The Hall–Kier alpha value is -1.38. The van der Waals surface area contributed by atoms with Gasteiger partial charge in [0.1, 0.15) is 5.82 Å². The monoisotopic (exact) mass is 490 g/mol. The van der Waals surface area contributed by atoms with E-state index in [9.17, 15) is 9.18 Å². The molecule has 152 valence electrons. The number of halogens is 2. The molecule has 0 unspecified atom stereocenters. The molecule has 1 aliphatic rings. The van der Waals surface area contributed by atoms with Gasteiger partial charge in [-0.2, -0.15) is 0 Å². The Balaban J connectivity index is 0.00000364. The third-order valence-corrected chi connectivity index (χ3v) is 5.19. The first-order valence-corrected chi connectivity index (χ1v) is 9.28. The zero-order valence-corrected chi connectivity index (χ0v) is 19.0. The van der Waals surface area contributed by atoms with Crippen LogP contribution in [0.5, 0.6) is 0 Å². The van der Waals surface area contributed by atoms with E-state index in [0.29, 0.717) is 18.9 Å².